The van der Waals surface area contributed by atoms with Gasteiger partial charge >= 0.3 is 41.8 Å². The summed E-state index contributed by atoms with van der Waals surface area (Å²) in [5.74, 6) is -14.2. The maximum atomic E-state index is 14.0. The minimum absolute atomic E-state index is 0.0294. The lowest BCUT2D eigenvalue weighted by atomic mass is 9.68. The lowest BCUT2D eigenvalue weighted by Gasteiger charge is -2.36. The van der Waals surface area contributed by atoms with Crippen molar-refractivity contribution in [2.24, 2.45) is 74.4 Å². The van der Waals surface area contributed by atoms with Crippen molar-refractivity contribution in [3.05, 3.63) is 0 Å². The van der Waals surface area contributed by atoms with Crippen molar-refractivity contribution >= 4 is 47.6 Å². The standard InChI is InChI=1S/C50H84O16/c1-30(2)36-22-31(38(52)28-48(9,10)11)20-32(39(53)54)21-34(24-46(3,4)5)41(57)62-16-17-63-42(58)35(25-47(6,7)8)27-50(15,45(61)66-29-51)26-33(40(55)56)23-37(49(12,13)14)44(60)65-19-18-64-43(36)59/h30-37,51H,16-29H2,1-15H3,(H,53,54)(H,55,56). The number of carbonyl (C=O) groups is 8. The van der Waals surface area contributed by atoms with Gasteiger partial charge in [-0.25, -0.2) is 0 Å². The van der Waals surface area contributed by atoms with Crippen LogP contribution in [0.2, 0.25) is 0 Å². The Morgan fingerprint density at radius 3 is 1.48 bits per heavy atom. The van der Waals surface area contributed by atoms with E-state index in [0.29, 0.717) is 0 Å². The normalized spacial score (nSPS) is 27.4. The van der Waals surface area contributed by atoms with Gasteiger partial charge in [-0.2, -0.15) is 0 Å². The molecule has 0 aliphatic carbocycles. The summed E-state index contributed by atoms with van der Waals surface area (Å²) in [6.07, 6.45) is -0.795. The molecule has 0 radical (unpaired) electrons. The molecule has 1 saturated heterocycles. The monoisotopic (exact) mass is 941 g/mol. The SMILES string of the molecule is CC(C)C1CC(C(=O)CC(C)(C)C)CC(C(=O)O)CC(CC(C)(C)C)C(=O)OCCOC(=O)C(CC(C)(C)C)CC(C)(C(=O)OCO)CC(C(=O)O)CC(C(C)(C)C)C(=O)OCCOC1=O. The predicted molar refractivity (Wildman–Crippen MR) is 244 cm³/mol. The molecule has 1 rings (SSSR count). The maximum Gasteiger partial charge on any atom is 0.313 e. The number of hydrogen-bond acceptors (Lipinski definition) is 14. The van der Waals surface area contributed by atoms with Crippen molar-refractivity contribution in [3.8, 4) is 0 Å². The van der Waals surface area contributed by atoms with E-state index in [1.54, 1.807) is 34.6 Å². The van der Waals surface area contributed by atoms with Crippen LogP contribution in [-0.2, 0) is 62.0 Å². The number of Topliss-reactive ketones (excluding diaryl/α,β-unsaturated/α-hetero) is 1. The van der Waals surface area contributed by atoms with Gasteiger partial charge in [0.25, 0.3) is 0 Å². The highest BCUT2D eigenvalue weighted by Gasteiger charge is 2.46. The summed E-state index contributed by atoms with van der Waals surface area (Å²) in [5, 5.41) is 30.8. The molecule has 8 atom stereocenters. The summed E-state index contributed by atoms with van der Waals surface area (Å²) in [6.45, 7) is 24.6. The molecule has 3 N–H and O–H groups in total. The molecule has 16 nitrogen and oxygen atoms in total. The third-order valence-electron chi connectivity index (χ3n) is 12.1. The van der Waals surface area contributed by atoms with Crippen molar-refractivity contribution in [2.45, 2.75) is 162 Å². The van der Waals surface area contributed by atoms with Gasteiger partial charge < -0.3 is 39.0 Å². The highest BCUT2D eigenvalue weighted by atomic mass is 16.6. The number of aliphatic carboxylic acids is 2. The van der Waals surface area contributed by atoms with E-state index in [9.17, 15) is 53.7 Å². The molecule has 1 fully saturated rings. The molecule has 1 aliphatic rings. The number of carbonyl (C=O) groups excluding carboxylic acids is 6. The summed E-state index contributed by atoms with van der Waals surface area (Å²) in [6, 6.07) is 0. The molecule has 380 valence electrons. The Labute approximate surface area is 393 Å². The maximum absolute atomic E-state index is 14.0. The van der Waals surface area contributed by atoms with E-state index in [-0.39, 0.29) is 82.9 Å². The second-order valence-corrected chi connectivity index (χ2v) is 23.8. The Balaban J connectivity index is 3.92. The fourth-order valence-corrected chi connectivity index (χ4v) is 8.88. The fourth-order valence-electron chi connectivity index (χ4n) is 8.88. The van der Waals surface area contributed by atoms with E-state index in [1.165, 1.54) is 6.92 Å². The van der Waals surface area contributed by atoms with Crippen LogP contribution in [0.15, 0.2) is 0 Å². The number of carboxylic acid groups (broad SMARTS) is 2. The number of ketones is 1. The topological polar surface area (TPSA) is 243 Å². The molecule has 1 heterocycles. The molecular weight excluding hydrogens is 857 g/mol. The Morgan fingerprint density at radius 1 is 0.606 bits per heavy atom. The van der Waals surface area contributed by atoms with Crippen molar-refractivity contribution in [1.82, 2.24) is 0 Å². The van der Waals surface area contributed by atoms with Gasteiger partial charge in [0.05, 0.1) is 40.9 Å². The summed E-state index contributed by atoms with van der Waals surface area (Å²) in [7, 11) is 0. The molecule has 0 spiro atoms. The van der Waals surface area contributed by atoms with Crippen LogP contribution < -0.4 is 0 Å². The average Bonchev–Trinajstić information content (AvgIpc) is 3.13. The van der Waals surface area contributed by atoms with Crippen molar-refractivity contribution in [3.63, 3.8) is 0 Å². The van der Waals surface area contributed by atoms with E-state index in [2.05, 4.69) is 0 Å². The quantitative estimate of drug-likeness (QED) is 0.112. The van der Waals surface area contributed by atoms with Crippen molar-refractivity contribution in [1.29, 1.82) is 0 Å². The molecule has 0 bridgehead atoms. The molecule has 8 unspecified atom stereocenters. The Bertz CT molecular complexity index is 1660. The highest BCUT2D eigenvalue weighted by Crippen LogP contribution is 2.43. The largest absolute Gasteiger partial charge is 0.481 e. The predicted octanol–water partition coefficient (Wildman–Crippen LogP) is 8.08. The second kappa shape index (κ2) is 25.3. The smallest absolute Gasteiger partial charge is 0.313 e. The summed E-state index contributed by atoms with van der Waals surface area (Å²) in [5.41, 5.74) is -3.97. The van der Waals surface area contributed by atoms with Gasteiger partial charge in [0, 0.05) is 12.3 Å². The molecular formula is C50H84O16. The Morgan fingerprint density at radius 2 is 1.06 bits per heavy atom. The molecule has 1 aliphatic heterocycles. The number of aliphatic hydroxyl groups is 1. The van der Waals surface area contributed by atoms with Crippen LogP contribution in [0.5, 0.6) is 0 Å². The summed E-state index contributed by atoms with van der Waals surface area (Å²) in [4.78, 5) is 109. The number of cyclic esters (lactones) is 4. The zero-order valence-electron chi connectivity index (χ0n) is 42.7. The third-order valence-corrected chi connectivity index (χ3v) is 12.1. The number of aliphatic hydroxyl groups excluding tert-OH is 1. The van der Waals surface area contributed by atoms with Crippen molar-refractivity contribution < 1.29 is 77.4 Å². The van der Waals surface area contributed by atoms with Gasteiger partial charge in [-0.15, -0.1) is 0 Å². The van der Waals surface area contributed by atoms with Crippen LogP contribution >= 0.6 is 0 Å². The van der Waals surface area contributed by atoms with Crippen LogP contribution in [0.4, 0.5) is 0 Å². The first kappa shape index (κ1) is 59.9. The van der Waals surface area contributed by atoms with Gasteiger partial charge in [-0.1, -0.05) is 96.9 Å². The highest BCUT2D eigenvalue weighted by molar-refractivity contribution is 5.84. The molecule has 0 aromatic heterocycles. The van der Waals surface area contributed by atoms with E-state index in [0.717, 1.165) is 0 Å². The number of esters is 5. The van der Waals surface area contributed by atoms with E-state index >= 15 is 0 Å². The van der Waals surface area contributed by atoms with Crippen LogP contribution in [0.3, 0.4) is 0 Å². The van der Waals surface area contributed by atoms with Gasteiger partial charge in [-0.05, 0) is 85.9 Å². The minimum Gasteiger partial charge on any atom is -0.481 e. The summed E-state index contributed by atoms with van der Waals surface area (Å²) >= 11 is 0. The van der Waals surface area contributed by atoms with Gasteiger partial charge in [0.2, 0.25) is 0 Å². The zero-order chi connectivity index (χ0) is 51.2. The van der Waals surface area contributed by atoms with Gasteiger partial charge in [0.15, 0.2) is 6.79 Å². The lowest BCUT2D eigenvalue weighted by molar-refractivity contribution is -0.170. The molecule has 0 aromatic rings. The molecule has 0 amide bonds. The number of carboxylic acids is 2. The second-order valence-electron chi connectivity index (χ2n) is 23.8. The molecule has 66 heavy (non-hydrogen) atoms. The number of rotatable bonds is 9. The molecule has 0 aromatic carbocycles. The first-order valence-electron chi connectivity index (χ1n) is 23.4. The van der Waals surface area contributed by atoms with E-state index in [4.69, 9.17) is 23.7 Å². The van der Waals surface area contributed by atoms with Gasteiger partial charge in [-0.3, -0.25) is 38.4 Å². The average molecular weight is 941 g/mol. The number of ether oxygens (including phenoxy) is 5. The fraction of sp³-hybridized carbons (Fsp3) is 0.840. The van der Waals surface area contributed by atoms with Crippen LogP contribution in [-0.4, -0.2) is 96.1 Å². The third kappa shape index (κ3) is 21.7. The first-order valence-corrected chi connectivity index (χ1v) is 23.4. The van der Waals surface area contributed by atoms with Crippen LogP contribution in [0.1, 0.15) is 162 Å². The van der Waals surface area contributed by atoms with Crippen LogP contribution in [0.25, 0.3) is 0 Å². The lowest BCUT2D eigenvalue weighted by Crippen LogP contribution is -2.41. The van der Waals surface area contributed by atoms with Crippen LogP contribution in [0, 0.1) is 74.4 Å². The first-order chi connectivity index (χ1) is 30.0. The van der Waals surface area contributed by atoms with E-state index in [1.807, 2.05) is 62.3 Å². The Kier molecular flexibility index (Phi) is 23.0. The minimum atomic E-state index is -1.69. The zero-order valence-corrected chi connectivity index (χ0v) is 42.7. The molecule has 0 saturated carbocycles. The Hall–Kier alpha value is -4.08. The van der Waals surface area contributed by atoms with E-state index < -0.39 is 130 Å². The van der Waals surface area contributed by atoms with Gasteiger partial charge in [0.1, 0.15) is 32.2 Å². The molecule has 16 heteroatoms. The summed E-state index contributed by atoms with van der Waals surface area (Å²) < 4.78 is 27.5. The number of hydrogen-bond donors (Lipinski definition) is 3. The van der Waals surface area contributed by atoms with Crippen molar-refractivity contribution in [2.75, 3.05) is 33.2 Å².